The van der Waals surface area contributed by atoms with Crippen molar-refractivity contribution in [1.29, 1.82) is 0 Å². The summed E-state index contributed by atoms with van der Waals surface area (Å²) in [6.45, 7) is 9.69. The molecule has 0 bridgehead atoms. The van der Waals surface area contributed by atoms with Crippen molar-refractivity contribution in [3.8, 4) is 0 Å². The van der Waals surface area contributed by atoms with Crippen molar-refractivity contribution in [2.45, 2.75) is 20.8 Å². The minimum Gasteiger partial charge on any atom is -0.0991 e. The summed E-state index contributed by atoms with van der Waals surface area (Å²) in [6.07, 6.45) is 3.76. The van der Waals surface area contributed by atoms with E-state index in [1.165, 1.54) is 11.1 Å². The van der Waals surface area contributed by atoms with Crippen LogP contribution >= 0.6 is 0 Å². The highest BCUT2D eigenvalue weighted by atomic mass is 13.8. The van der Waals surface area contributed by atoms with Gasteiger partial charge in [-0.1, -0.05) is 60.2 Å². The standard InChI is InChI=1S/C7H8.C6H10/c1-7-5-3-2-4-6-7;1-4-5-6(2)3/h2-6H,1H3;4-5H,1H2,2-3H3. The molecular formula is C13H18. The van der Waals surface area contributed by atoms with Crippen molar-refractivity contribution in [3.63, 3.8) is 0 Å². The molecule has 13 heavy (non-hydrogen) atoms. The van der Waals surface area contributed by atoms with Crippen molar-refractivity contribution < 1.29 is 0 Å². The van der Waals surface area contributed by atoms with Gasteiger partial charge in [0.15, 0.2) is 0 Å². The first-order valence-corrected chi connectivity index (χ1v) is 4.44. The molecule has 0 amide bonds. The minimum atomic E-state index is 1.30. The second-order valence-electron chi connectivity index (χ2n) is 3.13. The van der Waals surface area contributed by atoms with Crippen LogP contribution in [-0.2, 0) is 0 Å². The van der Waals surface area contributed by atoms with E-state index in [1.54, 1.807) is 6.08 Å². The zero-order valence-electron chi connectivity index (χ0n) is 8.75. The highest BCUT2D eigenvalue weighted by Crippen LogP contribution is 1.92. The van der Waals surface area contributed by atoms with E-state index < -0.39 is 0 Å². The number of allylic oxidation sites excluding steroid dienone is 3. The third-order valence-corrected chi connectivity index (χ3v) is 1.39. The topological polar surface area (TPSA) is 0 Å². The maximum Gasteiger partial charge on any atom is -0.0398 e. The maximum absolute atomic E-state index is 3.52. The summed E-state index contributed by atoms with van der Waals surface area (Å²) in [5.41, 5.74) is 2.62. The molecule has 0 aromatic heterocycles. The van der Waals surface area contributed by atoms with E-state index in [-0.39, 0.29) is 0 Å². The quantitative estimate of drug-likeness (QED) is 0.561. The Bertz CT molecular complexity index is 251. The predicted molar refractivity (Wildman–Crippen MR) is 60.8 cm³/mol. The molecule has 0 nitrogen and oxygen atoms in total. The van der Waals surface area contributed by atoms with E-state index in [0.717, 1.165) is 0 Å². The first kappa shape index (κ1) is 11.7. The summed E-state index contributed by atoms with van der Waals surface area (Å²) in [5, 5.41) is 0. The van der Waals surface area contributed by atoms with Crippen molar-refractivity contribution in [2.75, 3.05) is 0 Å². The zero-order chi connectivity index (χ0) is 10.1. The van der Waals surface area contributed by atoms with Gasteiger partial charge in [0.05, 0.1) is 0 Å². The third-order valence-electron chi connectivity index (χ3n) is 1.39. The van der Waals surface area contributed by atoms with Crippen LogP contribution in [0.15, 0.2) is 54.6 Å². The first-order valence-electron chi connectivity index (χ1n) is 4.44. The van der Waals surface area contributed by atoms with Gasteiger partial charge in [-0.3, -0.25) is 0 Å². The Hall–Kier alpha value is -1.30. The lowest BCUT2D eigenvalue weighted by Crippen LogP contribution is -1.62. The van der Waals surface area contributed by atoms with Gasteiger partial charge in [-0.2, -0.15) is 0 Å². The molecule has 0 fully saturated rings. The molecule has 1 rings (SSSR count). The lowest BCUT2D eigenvalue weighted by atomic mass is 10.2. The van der Waals surface area contributed by atoms with E-state index in [1.807, 2.05) is 38.1 Å². The molecule has 0 aliphatic carbocycles. The molecule has 0 aliphatic rings. The van der Waals surface area contributed by atoms with Gasteiger partial charge in [-0.05, 0) is 20.8 Å². The smallest absolute Gasteiger partial charge is 0.0398 e. The summed E-state index contributed by atoms with van der Waals surface area (Å²) in [4.78, 5) is 0. The van der Waals surface area contributed by atoms with Crippen LogP contribution in [-0.4, -0.2) is 0 Å². The highest BCUT2D eigenvalue weighted by molar-refractivity contribution is 5.11. The molecule has 0 N–H and O–H groups in total. The van der Waals surface area contributed by atoms with Crippen LogP contribution in [0.4, 0.5) is 0 Å². The van der Waals surface area contributed by atoms with Crippen LogP contribution in [0.3, 0.4) is 0 Å². The highest BCUT2D eigenvalue weighted by Gasteiger charge is 1.72. The Kier molecular flexibility index (Phi) is 6.62. The number of rotatable bonds is 1. The number of benzene rings is 1. The number of hydrogen-bond acceptors (Lipinski definition) is 0. The Labute approximate surface area is 81.6 Å². The van der Waals surface area contributed by atoms with Crippen LogP contribution < -0.4 is 0 Å². The summed E-state index contributed by atoms with van der Waals surface area (Å²) < 4.78 is 0. The minimum absolute atomic E-state index is 1.30. The van der Waals surface area contributed by atoms with Crippen LogP contribution in [0.5, 0.6) is 0 Å². The van der Waals surface area contributed by atoms with Gasteiger partial charge >= 0.3 is 0 Å². The molecule has 0 aliphatic heterocycles. The molecule has 0 unspecified atom stereocenters. The second kappa shape index (κ2) is 7.35. The Morgan fingerprint density at radius 1 is 1.15 bits per heavy atom. The molecule has 0 heterocycles. The second-order valence-corrected chi connectivity index (χ2v) is 3.13. The van der Waals surface area contributed by atoms with Gasteiger partial charge in [0, 0.05) is 0 Å². The molecule has 0 radical (unpaired) electrons. The van der Waals surface area contributed by atoms with Crippen LogP contribution in [0.1, 0.15) is 19.4 Å². The predicted octanol–water partition coefficient (Wildman–Crippen LogP) is 4.13. The van der Waals surface area contributed by atoms with Crippen molar-refractivity contribution >= 4 is 0 Å². The number of hydrogen-bond donors (Lipinski definition) is 0. The average Bonchev–Trinajstić information content (AvgIpc) is 2.06. The van der Waals surface area contributed by atoms with Crippen molar-refractivity contribution in [1.82, 2.24) is 0 Å². The van der Waals surface area contributed by atoms with Gasteiger partial charge in [-0.15, -0.1) is 0 Å². The van der Waals surface area contributed by atoms with Crippen LogP contribution in [0.2, 0.25) is 0 Å². The summed E-state index contributed by atoms with van der Waals surface area (Å²) in [7, 11) is 0. The van der Waals surface area contributed by atoms with E-state index >= 15 is 0 Å². The lowest BCUT2D eigenvalue weighted by molar-refractivity contribution is 1.40. The van der Waals surface area contributed by atoms with Crippen LogP contribution in [0.25, 0.3) is 0 Å². The Morgan fingerprint density at radius 2 is 1.69 bits per heavy atom. The van der Waals surface area contributed by atoms with Gasteiger partial charge in [0.1, 0.15) is 0 Å². The molecular weight excluding hydrogens is 156 g/mol. The summed E-state index contributed by atoms with van der Waals surface area (Å²) >= 11 is 0. The van der Waals surface area contributed by atoms with E-state index in [4.69, 9.17) is 0 Å². The normalized spacial score (nSPS) is 7.92. The van der Waals surface area contributed by atoms with Crippen molar-refractivity contribution in [3.05, 3.63) is 60.2 Å². The zero-order valence-corrected chi connectivity index (χ0v) is 8.75. The SMILES string of the molecule is C=CC=C(C)C.Cc1ccccc1. The van der Waals surface area contributed by atoms with Gasteiger partial charge < -0.3 is 0 Å². The fourth-order valence-corrected chi connectivity index (χ4v) is 0.770. The molecule has 0 saturated carbocycles. The van der Waals surface area contributed by atoms with E-state index in [2.05, 4.69) is 25.6 Å². The molecule has 0 spiro atoms. The first-order chi connectivity index (χ1) is 6.16. The summed E-state index contributed by atoms with van der Waals surface area (Å²) in [6, 6.07) is 10.3. The van der Waals surface area contributed by atoms with Gasteiger partial charge in [0.2, 0.25) is 0 Å². The monoisotopic (exact) mass is 174 g/mol. The number of aryl methyl sites for hydroxylation is 1. The van der Waals surface area contributed by atoms with E-state index in [9.17, 15) is 0 Å². The average molecular weight is 174 g/mol. The molecule has 0 heteroatoms. The molecule has 0 saturated heterocycles. The van der Waals surface area contributed by atoms with Crippen molar-refractivity contribution in [2.24, 2.45) is 0 Å². The summed E-state index contributed by atoms with van der Waals surface area (Å²) in [5.74, 6) is 0. The van der Waals surface area contributed by atoms with E-state index in [0.29, 0.717) is 0 Å². The Balaban J connectivity index is 0.000000226. The third kappa shape index (κ3) is 8.61. The fraction of sp³-hybridized carbons (Fsp3) is 0.231. The largest absolute Gasteiger partial charge is 0.0991 e. The molecule has 1 aromatic rings. The van der Waals surface area contributed by atoms with Gasteiger partial charge in [-0.25, -0.2) is 0 Å². The lowest BCUT2D eigenvalue weighted by Gasteiger charge is -1.82. The Morgan fingerprint density at radius 3 is 1.85 bits per heavy atom. The molecule has 0 atom stereocenters. The maximum atomic E-state index is 3.52. The van der Waals surface area contributed by atoms with Crippen LogP contribution in [0, 0.1) is 6.92 Å². The molecule has 1 aromatic carbocycles. The molecule has 70 valence electrons. The fourth-order valence-electron chi connectivity index (χ4n) is 0.770. The van der Waals surface area contributed by atoms with Gasteiger partial charge in [0.25, 0.3) is 0 Å².